The number of aryl methyl sites for hydroxylation is 2. The van der Waals surface area contributed by atoms with Gasteiger partial charge in [0.1, 0.15) is 11.5 Å². The average molecular weight is 440 g/mol. The first-order valence-electron chi connectivity index (χ1n) is 9.25. The van der Waals surface area contributed by atoms with Crippen LogP contribution < -0.4 is 4.74 Å². The van der Waals surface area contributed by atoms with Crippen LogP contribution in [0.4, 0.5) is 13.2 Å². The monoisotopic (exact) mass is 440 g/mol. The van der Waals surface area contributed by atoms with E-state index in [1.807, 2.05) is 0 Å². The molecule has 1 N–H and O–H groups in total. The normalized spacial score (nSPS) is 13.3. The number of alkyl halides is 3. The molecule has 0 heterocycles. The fourth-order valence-corrected chi connectivity index (χ4v) is 2.94. The number of rotatable bonds is 7. The van der Waals surface area contributed by atoms with Crippen molar-refractivity contribution in [2.45, 2.75) is 39.0 Å². The smallest absolute Gasteiger partial charge is 0.422 e. The molecular formula is C22H23F3O6. The fourth-order valence-electron chi connectivity index (χ4n) is 2.94. The van der Waals surface area contributed by atoms with Crippen LogP contribution in [0.15, 0.2) is 36.4 Å². The summed E-state index contributed by atoms with van der Waals surface area (Å²) < 4.78 is 52.0. The number of esters is 2. The molecule has 2 aromatic carbocycles. The van der Waals surface area contributed by atoms with Crippen LogP contribution in [0.2, 0.25) is 0 Å². The average Bonchev–Trinajstić information content (AvgIpc) is 2.67. The molecule has 6 nitrogen and oxygen atoms in total. The number of phenolic OH excluding ortho intramolecular Hbond substituents is 1. The SMILES string of the molecule is COC(=O)C(C)(OC(=O)Cc1ccc(OCC(F)(F)F)c(C)c1)c1ccc(O)c(C)c1. The van der Waals surface area contributed by atoms with Crippen molar-refractivity contribution < 1.29 is 42.1 Å². The molecule has 9 heteroatoms. The quantitative estimate of drug-likeness (QED) is 0.653. The van der Waals surface area contributed by atoms with Crippen molar-refractivity contribution in [1.82, 2.24) is 0 Å². The van der Waals surface area contributed by atoms with Gasteiger partial charge in [-0.25, -0.2) is 4.79 Å². The van der Waals surface area contributed by atoms with Crippen molar-refractivity contribution >= 4 is 11.9 Å². The molecule has 0 saturated carbocycles. The first-order valence-corrected chi connectivity index (χ1v) is 9.25. The summed E-state index contributed by atoms with van der Waals surface area (Å²) in [6.45, 7) is 3.14. The van der Waals surface area contributed by atoms with Gasteiger partial charge < -0.3 is 19.3 Å². The van der Waals surface area contributed by atoms with Gasteiger partial charge in [-0.15, -0.1) is 0 Å². The number of hydrogen-bond donors (Lipinski definition) is 1. The Balaban J connectivity index is 2.18. The highest BCUT2D eigenvalue weighted by molar-refractivity contribution is 5.85. The third-order valence-corrected chi connectivity index (χ3v) is 4.62. The maximum Gasteiger partial charge on any atom is 0.422 e. The minimum absolute atomic E-state index is 0.0191. The number of halogens is 3. The van der Waals surface area contributed by atoms with Gasteiger partial charge in [0.05, 0.1) is 13.5 Å². The molecule has 168 valence electrons. The minimum Gasteiger partial charge on any atom is -0.508 e. The van der Waals surface area contributed by atoms with E-state index in [2.05, 4.69) is 0 Å². The van der Waals surface area contributed by atoms with Gasteiger partial charge in [0.2, 0.25) is 5.60 Å². The second-order valence-electron chi connectivity index (χ2n) is 7.18. The highest BCUT2D eigenvalue weighted by Gasteiger charge is 2.41. The van der Waals surface area contributed by atoms with Crippen LogP contribution in [-0.4, -0.2) is 36.9 Å². The lowest BCUT2D eigenvalue weighted by molar-refractivity contribution is -0.180. The van der Waals surface area contributed by atoms with Crippen molar-refractivity contribution in [2.75, 3.05) is 13.7 Å². The third kappa shape index (κ3) is 6.13. The number of carbonyl (C=O) groups excluding carboxylic acids is 2. The molecular weight excluding hydrogens is 417 g/mol. The van der Waals surface area contributed by atoms with Gasteiger partial charge >= 0.3 is 18.1 Å². The molecule has 0 aromatic heterocycles. The van der Waals surface area contributed by atoms with E-state index < -0.39 is 30.3 Å². The predicted molar refractivity (Wildman–Crippen MR) is 105 cm³/mol. The van der Waals surface area contributed by atoms with Crippen LogP contribution in [-0.2, 0) is 31.1 Å². The molecule has 0 bridgehead atoms. The molecule has 2 aromatic rings. The van der Waals surface area contributed by atoms with E-state index in [9.17, 15) is 27.9 Å². The Hall–Kier alpha value is -3.23. The summed E-state index contributed by atoms with van der Waals surface area (Å²) in [5.74, 6) is -1.49. The highest BCUT2D eigenvalue weighted by atomic mass is 19.4. The Morgan fingerprint density at radius 1 is 1.03 bits per heavy atom. The van der Waals surface area contributed by atoms with Crippen LogP contribution in [0.1, 0.15) is 29.2 Å². The van der Waals surface area contributed by atoms with Crippen molar-refractivity contribution in [2.24, 2.45) is 0 Å². The molecule has 1 unspecified atom stereocenters. The summed E-state index contributed by atoms with van der Waals surface area (Å²) in [5, 5.41) is 9.72. The molecule has 1 atom stereocenters. The molecule has 0 saturated heterocycles. The van der Waals surface area contributed by atoms with Crippen LogP contribution >= 0.6 is 0 Å². The standard InChI is InChI=1S/C22H23F3O6/c1-13-10-16(6-7-17(13)26)21(3,20(28)29-4)31-19(27)11-15-5-8-18(14(2)9-15)30-12-22(23,24)25/h5-10,26H,11-12H2,1-4H3. The summed E-state index contributed by atoms with van der Waals surface area (Å²) in [4.78, 5) is 25.0. The number of aromatic hydroxyl groups is 1. The van der Waals surface area contributed by atoms with Crippen LogP contribution in [0.25, 0.3) is 0 Å². The van der Waals surface area contributed by atoms with Crippen molar-refractivity contribution in [3.63, 3.8) is 0 Å². The lowest BCUT2D eigenvalue weighted by atomic mass is 9.93. The van der Waals surface area contributed by atoms with Crippen LogP contribution in [0, 0.1) is 13.8 Å². The highest BCUT2D eigenvalue weighted by Crippen LogP contribution is 2.31. The molecule has 0 spiro atoms. The van der Waals surface area contributed by atoms with Gasteiger partial charge in [0.15, 0.2) is 6.61 Å². The molecule has 0 aliphatic rings. The summed E-state index contributed by atoms with van der Waals surface area (Å²) >= 11 is 0. The predicted octanol–water partition coefficient (Wildman–Crippen LogP) is 4.12. The van der Waals surface area contributed by atoms with Crippen molar-refractivity contribution in [3.05, 3.63) is 58.7 Å². The summed E-state index contributed by atoms with van der Waals surface area (Å²) in [7, 11) is 1.16. The summed E-state index contributed by atoms with van der Waals surface area (Å²) in [5.41, 5.74) is -0.0750. The molecule has 0 aliphatic heterocycles. The summed E-state index contributed by atoms with van der Waals surface area (Å²) in [6, 6.07) is 8.63. The molecule has 31 heavy (non-hydrogen) atoms. The van der Waals surface area contributed by atoms with Crippen LogP contribution in [0.5, 0.6) is 11.5 Å². The number of hydrogen-bond acceptors (Lipinski definition) is 6. The second-order valence-corrected chi connectivity index (χ2v) is 7.18. The first kappa shape index (κ1) is 24.0. The largest absolute Gasteiger partial charge is 0.508 e. The lowest BCUT2D eigenvalue weighted by Gasteiger charge is -2.27. The maximum atomic E-state index is 12.6. The van der Waals surface area contributed by atoms with E-state index >= 15 is 0 Å². The van der Waals surface area contributed by atoms with Gasteiger partial charge in [0.25, 0.3) is 0 Å². The molecule has 0 aliphatic carbocycles. The number of methoxy groups -OCH3 is 1. The van der Waals surface area contributed by atoms with Gasteiger partial charge in [-0.3, -0.25) is 4.79 Å². The topological polar surface area (TPSA) is 82.1 Å². The third-order valence-electron chi connectivity index (χ3n) is 4.62. The second kappa shape index (κ2) is 9.28. The fraction of sp³-hybridized carbons (Fsp3) is 0.364. The molecule has 0 amide bonds. The number of phenols is 1. The number of carbonyl (C=O) groups is 2. The van der Waals surface area contributed by atoms with Crippen molar-refractivity contribution in [3.8, 4) is 11.5 Å². The Morgan fingerprint density at radius 3 is 2.26 bits per heavy atom. The molecule has 2 rings (SSSR count). The Labute approximate surface area is 177 Å². The zero-order chi connectivity index (χ0) is 23.4. The van der Waals surface area contributed by atoms with Gasteiger partial charge in [-0.1, -0.05) is 18.2 Å². The molecule has 0 fully saturated rings. The van der Waals surface area contributed by atoms with Crippen LogP contribution in [0.3, 0.4) is 0 Å². The van der Waals surface area contributed by atoms with Gasteiger partial charge in [0, 0.05) is 5.56 Å². The van der Waals surface area contributed by atoms with E-state index in [0.717, 1.165) is 7.11 Å². The minimum atomic E-state index is -4.46. The van der Waals surface area contributed by atoms with Crippen molar-refractivity contribution in [1.29, 1.82) is 0 Å². The Kier molecular flexibility index (Phi) is 7.20. The number of benzene rings is 2. The Bertz CT molecular complexity index is 970. The summed E-state index contributed by atoms with van der Waals surface area (Å²) in [6.07, 6.45) is -4.69. The lowest BCUT2D eigenvalue weighted by Crippen LogP contribution is -2.39. The van der Waals surface area contributed by atoms with Gasteiger partial charge in [-0.2, -0.15) is 13.2 Å². The Morgan fingerprint density at radius 2 is 1.71 bits per heavy atom. The molecule has 0 radical (unpaired) electrons. The van der Waals surface area contributed by atoms with E-state index in [0.29, 0.717) is 22.3 Å². The zero-order valence-corrected chi connectivity index (χ0v) is 17.5. The van der Waals surface area contributed by atoms with E-state index in [1.165, 1.54) is 43.3 Å². The van der Waals surface area contributed by atoms with E-state index in [-0.39, 0.29) is 17.9 Å². The zero-order valence-electron chi connectivity index (χ0n) is 17.5. The van der Waals surface area contributed by atoms with Gasteiger partial charge in [-0.05, 0) is 55.7 Å². The first-order chi connectivity index (χ1) is 14.4. The number of ether oxygens (including phenoxy) is 3. The van der Waals surface area contributed by atoms with E-state index in [1.54, 1.807) is 13.8 Å². The maximum absolute atomic E-state index is 12.6. The van der Waals surface area contributed by atoms with E-state index in [4.69, 9.17) is 14.2 Å².